The van der Waals surface area contributed by atoms with E-state index >= 15 is 0 Å². The second-order valence-electron chi connectivity index (χ2n) is 11.2. The van der Waals surface area contributed by atoms with Crippen LogP contribution in [0.5, 0.6) is 0 Å². The Labute approximate surface area is 234 Å². The molecule has 0 spiro atoms. The Kier molecular flexibility index (Phi) is 11.1. The molecule has 3 atom stereocenters. The molecule has 3 heterocycles. The van der Waals surface area contributed by atoms with Crippen molar-refractivity contribution in [2.45, 2.75) is 92.0 Å². The van der Waals surface area contributed by atoms with Gasteiger partial charge in [0.1, 0.15) is 6.04 Å². The lowest BCUT2D eigenvalue weighted by molar-refractivity contribution is -0.142. The molecule has 1 aromatic heterocycles. The van der Waals surface area contributed by atoms with Crippen LogP contribution < -0.4 is 5.32 Å². The molecule has 2 aliphatic heterocycles. The van der Waals surface area contributed by atoms with Crippen LogP contribution in [0.15, 0.2) is 30.5 Å². The molecule has 2 amide bonds. The van der Waals surface area contributed by atoms with Gasteiger partial charge in [-0.1, -0.05) is 46.8 Å². The number of aliphatic hydroxyl groups is 1. The van der Waals surface area contributed by atoms with Gasteiger partial charge in [-0.3, -0.25) is 14.3 Å². The molecule has 216 valence electrons. The van der Waals surface area contributed by atoms with E-state index in [1.54, 1.807) is 4.90 Å². The summed E-state index contributed by atoms with van der Waals surface area (Å²) in [7, 11) is 2.16. The first-order valence-electron chi connectivity index (χ1n) is 14.8. The Morgan fingerprint density at radius 1 is 1.13 bits per heavy atom. The number of rotatable bonds is 8. The number of aryl methyl sites for hydroxylation is 1. The van der Waals surface area contributed by atoms with Crippen LogP contribution in [0.1, 0.15) is 77.8 Å². The standard InChI is InChI=1S/C29H43N5O3.C2H6/c1-6-34-26(9-12-31-34)22-7-8-23(25(15-22)21-10-13-32(5)14-11-21)17-30-28(36)27-16-24(35)18-33(27)29(37)20(4)19(2)3;1-2/h7-9,12,15,19-21,24,27,35H,6,10-11,13-14,16-18H2,1-5H3,(H,30,36);1-2H3. The van der Waals surface area contributed by atoms with Crippen molar-refractivity contribution in [1.82, 2.24) is 24.9 Å². The fourth-order valence-corrected chi connectivity index (χ4v) is 5.60. The summed E-state index contributed by atoms with van der Waals surface area (Å²) in [5, 5.41) is 17.8. The number of nitrogens with one attached hydrogen (secondary N) is 1. The molecule has 2 fully saturated rings. The normalized spacial score (nSPS) is 21.0. The van der Waals surface area contributed by atoms with Gasteiger partial charge in [0.2, 0.25) is 11.8 Å². The lowest BCUT2D eigenvalue weighted by Crippen LogP contribution is -2.48. The van der Waals surface area contributed by atoms with Gasteiger partial charge in [-0.25, -0.2) is 0 Å². The summed E-state index contributed by atoms with van der Waals surface area (Å²) >= 11 is 0. The number of amides is 2. The van der Waals surface area contributed by atoms with Crippen molar-refractivity contribution in [1.29, 1.82) is 0 Å². The van der Waals surface area contributed by atoms with Crippen LogP contribution in [-0.4, -0.2) is 75.3 Å². The zero-order chi connectivity index (χ0) is 28.7. The van der Waals surface area contributed by atoms with E-state index in [9.17, 15) is 14.7 Å². The average molecular weight is 540 g/mol. The summed E-state index contributed by atoms with van der Waals surface area (Å²) in [4.78, 5) is 30.3. The highest BCUT2D eigenvalue weighted by atomic mass is 16.3. The molecule has 1 aromatic carbocycles. The number of β-amino-alcohol motifs (C(OH)–C–C–N with tert-alkyl or cyclic N) is 1. The summed E-state index contributed by atoms with van der Waals surface area (Å²) in [5.41, 5.74) is 4.63. The number of nitrogens with zero attached hydrogens (tertiary/aromatic N) is 4. The van der Waals surface area contributed by atoms with E-state index < -0.39 is 12.1 Å². The van der Waals surface area contributed by atoms with E-state index in [0.29, 0.717) is 12.5 Å². The van der Waals surface area contributed by atoms with Gasteiger partial charge < -0.3 is 20.2 Å². The second-order valence-corrected chi connectivity index (χ2v) is 11.2. The molecule has 2 N–H and O–H groups in total. The molecule has 0 bridgehead atoms. The minimum Gasteiger partial charge on any atom is -0.391 e. The van der Waals surface area contributed by atoms with Crippen LogP contribution in [0.2, 0.25) is 0 Å². The molecule has 0 radical (unpaired) electrons. The van der Waals surface area contributed by atoms with Crippen LogP contribution in [0.4, 0.5) is 0 Å². The third-order valence-electron chi connectivity index (χ3n) is 8.32. The van der Waals surface area contributed by atoms with E-state index in [1.807, 2.05) is 51.6 Å². The Bertz CT molecular complexity index is 1090. The number of piperidine rings is 1. The monoisotopic (exact) mass is 539 g/mol. The minimum atomic E-state index is -0.670. The van der Waals surface area contributed by atoms with Gasteiger partial charge in [-0.05, 0) is 75.0 Å². The van der Waals surface area contributed by atoms with E-state index in [0.717, 1.165) is 49.3 Å². The molecule has 8 nitrogen and oxygen atoms in total. The maximum absolute atomic E-state index is 13.3. The summed E-state index contributed by atoms with van der Waals surface area (Å²) < 4.78 is 2.00. The Hall–Kier alpha value is -2.71. The van der Waals surface area contributed by atoms with E-state index in [1.165, 1.54) is 5.56 Å². The largest absolute Gasteiger partial charge is 0.391 e. The lowest BCUT2D eigenvalue weighted by Gasteiger charge is -2.31. The fraction of sp³-hybridized carbons (Fsp3) is 0.645. The molecule has 2 aliphatic rings. The van der Waals surface area contributed by atoms with Crippen LogP contribution in [-0.2, 0) is 22.7 Å². The number of aliphatic hydroxyl groups excluding tert-OH is 1. The molecule has 3 unspecified atom stereocenters. The predicted molar refractivity (Wildman–Crippen MR) is 156 cm³/mol. The highest BCUT2D eigenvalue weighted by Crippen LogP contribution is 2.33. The minimum absolute atomic E-state index is 0.0596. The smallest absolute Gasteiger partial charge is 0.243 e. The summed E-state index contributed by atoms with van der Waals surface area (Å²) in [5.74, 6) is 0.160. The van der Waals surface area contributed by atoms with Gasteiger partial charge in [0, 0.05) is 43.7 Å². The van der Waals surface area contributed by atoms with Crippen LogP contribution in [0.3, 0.4) is 0 Å². The van der Waals surface area contributed by atoms with Crippen molar-refractivity contribution in [2.75, 3.05) is 26.7 Å². The number of benzene rings is 1. The average Bonchev–Trinajstić information content (AvgIpc) is 3.59. The topological polar surface area (TPSA) is 90.7 Å². The first-order valence-corrected chi connectivity index (χ1v) is 14.8. The number of hydrogen-bond donors (Lipinski definition) is 2. The number of aromatic nitrogens is 2. The van der Waals surface area contributed by atoms with Gasteiger partial charge >= 0.3 is 0 Å². The molecule has 4 rings (SSSR count). The van der Waals surface area contributed by atoms with Crippen LogP contribution in [0.25, 0.3) is 11.3 Å². The summed E-state index contributed by atoms with van der Waals surface area (Å²) in [6.07, 6.45) is 3.61. The van der Waals surface area contributed by atoms with E-state index in [2.05, 4.69) is 47.5 Å². The van der Waals surface area contributed by atoms with Crippen molar-refractivity contribution in [3.63, 3.8) is 0 Å². The molecule has 2 aromatic rings. The van der Waals surface area contributed by atoms with Crippen LogP contribution >= 0.6 is 0 Å². The second kappa shape index (κ2) is 14.1. The van der Waals surface area contributed by atoms with Crippen LogP contribution in [0, 0.1) is 11.8 Å². The molecule has 8 heteroatoms. The van der Waals surface area contributed by atoms with Gasteiger partial charge in [0.25, 0.3) is 0 Å². The maximum Gasteiger partial charge on any atom is 0.243 e. The van der Waals surface area contributed by atoms with Crippen molar-refractivity contribution in [3.05, 3.63) is 41.6 Å². The number of likely N-dealkylation sites (tertiary alicyclic amines) is 2. The van der Waals surface area contributed by atoms with Gasteiger partial charge in [-0.2, -0.15) is 5.10 Å². The van der Waals surface area contributed by atoms with Crippen molar-refractivity contribution in [2.24, 2.45) is 11.8 Å². The Morgan fingerprint density at radius 3 is 2.46 bits per heavy atom. The van der Waals surface area contributed by atoms with Gasteiger partial charge in [-0.15, -0.1) is 0 Å². The summed E-state index contributed by atoms with van der Waals surface area (Å²) in [6, 6.07) is 7.94. The molecular formula is C31H49N5O3. The fourth-order valence-electron chi connectivity index (χ4n) is 5.60. The lowest BCUT2D eigenvalue weighted by atomic mass is 9.85. The first kappa shape index (κ1) is 30.8. The molecule has 0 saturated carbocycles. The van der Waals surface area contributed by atoms with Crippen molar-refractivity contribution >= 4 is 11.8 Å². The maximum atomic E-state index is 13.3. The predicted octanol–water partition coefficient (Wildman–Crippen LogP) is 4.28. The zero-order valence-electron chi connectivity index (χ0n) is 25.0. The SMILES string of the molecule is CC.CCn1nccc1-c1ccc(CNC(=O)C2CC(O)CN2C(=O)C(C)C(C)C)c(C2CCN(C)CC2)c1. The van der Waals surface area contributed by atoms with Gasteiger partial charge in [0.05, 0.1) is 11.8 Å². The number of carbonyl (C=O) groups excluding carboxylic acids is 2. The quantitative estimate of drug-likeness (QED) is 0.523. The molecule has 0 aliphatic carbocycles. The van der Waals surface area contributed by atoms with E-state index in [4.69, 9.17) is 0 Å². The van der Waals surface area contributed by atoms with Crippen molar-refractivity contribution in [3.8, 4) is 11.3 Å². The Morgan fingerprint density at radius 2 is 1.82 bits per heavy atom. The third-order valence-corrected chi connectivity index (χ3v) is 8.32. The first-order chi connectivity index (χ1) is 18.7. The van der Waals surface area contributed by atoms with Crippen molar-refractivity contribution < 1.29 is 14.7 Å². The highest BCUT2D eigenvalue weighted by molar-refractivity contribution is 5.89. The Balaban J connectivity index is 0.00000205. The zero-order valence-corrected chi connectivity index (χ0v) is 25.0. The summed E-state index contributed by atoms with van der Waals surface area (Å²) in [6.45, 7) is 15.5. The number of carbonyl (C=O) groups is 2. The molecule has 2 saturated heterocycles. The highest BCUT2D eigenvalue weighted by Gasteiger charge is 2.40. The third kappa shape index (κ3) is 7.28. The number of hydrogen-bond acceptors (Lipinski definition) is 5. The molecular weight excluding hydrogens is 490 g/mol. The molecule has 39 heavy (non-hydrogen) atoms. The van der Waals surface area contributed by atoms with E-state index in [-0.39, 0.29) is 36.6 Å². The van der Waals surface area contributed by atoms with Gasteiger partial charge in [0.15, 0.2) is 0 Å².